The summed E-state index contributed by atoms with van der Waals surface area (Å²) in [5.74, 6) is 0. The van der Waals surface area contributed by atoms with Gasteiger partial charge in [0.2, 0.25) is 0 Å². The van der Waals surface area contributed by atoms with E-state index < -0.39 is 5.60 Å². The Morgan fingerprint density at radius 1 is 1.16 bits per heavy atom. The van der Waals surface area contributed by atoms with Crippen molar-refractivity contribution in [3.8, 4) is 0 Å². The van der Waals surface area contributed by atoms with E-state index in [1.54, 1.807) is 0 Å². The number of rotatable bonds is 3. The van der Waals surface area contributed by atoms with E-state index >= 15 is 0 Å². The van der Waals surface area contributed by atoms with Gasteiger partial charge in [0.1, 0.15) is 0 Å². The van der Waals surface area contributed by atoms with Gasteiger partial charge in [-0.15, -0.1) is 0 Å². The monoisotopic (exact) mass is 266 g/mol. The summed E-state index contributed by atoms with van der Waals surface area (Å²) in [7, 11) is 0. The number of nitrogens with zero attached hydrogens (tertiary/aromatic N) is 1. The lowest BCUT2D eigenvalue weighted by molar-refractivity contribution is -0.0808. The molecule has 0 spiro atoms. The Morgan fingerprint density at radius 2 is 1.79 bits per heavy atom. The smallest absolute Gasteiger partial charge is 0.0856 e. The minimum Gasteiger partial charge on any atom is -0.388 e. The molecule has 3 nitrogen and oxygen atoms in total. The van der Waals surface area contributed by atoms with Crippen molar-refractivity contribution in [3.63, 3.8) is 0 Å². The first-order valence-electron chi connectivity index (χ1n) is 8.28. The lowest BCUT2D eigenvalue weighted by atomic mass is 9.66. The number of hydrogen-bond donors (Lipinski definition) is 2. The van der Waals surface area contributed by atoms with Gasteiger partial charge in [-0.1, -0.05) is 25.7 Å². The molecule has 0 radical (unpaired) electrons. The van der Waals surface area contributed by atoms with Gasteiger partial charge in [0.15, 0.2) is 0 Å². The van der Waals surface area contributed by atoms with Crippen LogP contribution in [0.15, 0.2) is 0 Å². The van der Waals surface area contributed by atoms with Gasteiger partial charge in [0, 0.05) is 30.6 Å². The van der Waals surface area contributed by atoms with Crippen LogP contribution in [0, 0.1) is 5.41 Å². The summed E-state index contributed by atoms with van der Waals surface area (Å²) in [5.41, 5.74) is 5.63. The molecule has 0 amide bonds. The molecule has 3 aliphatic rings. The van der Waals surface area contributed by atoms with E-state index in [4.69, 9.17) is 5.73 Å². The average Bonchev–Trinajstić information content (AvgIpc) is 3.20. The number of aliphatic hydroxyl groups is 1. The molecular weight excluding hydrogens is 236 g/mol. The molecule has 3 N–H and O–H groups in total. The second-order valence-electron chi connectivity index (χ2n) is 7.39. The highest BCUT2D eigenvalue weighted by Crippen LogP contribution is 2.50. The molecule has 3 fully saturated rings. The predicted molar refractivity (Wildman–Crippen MR) is 77.9 cm³/mol. The Labute approximate surface area is 117 Å². The lowest BCUT2D eigenvalue weighted by Gasteiger charge is -2.45. The quantitative estimate of drug-likeness (QED) is 0.771. The fraction of sp³-hybridized carbons (Fsp3) is 1.00. The van der Waals surface area contributed by atoms with Crippen LogP contribution < -0.4 is 5.73 Å². The van der Waals surface area contributed by atoms with E-state index in [2.05, 4.69) is 11.8 Å². The molecule has 2 aliphatic carbocycles. The second kappa shape index (κ2) is 5.01. The molecule has 0 aromatic heterocycles. The van der Waals surface area contributed by atoms with E-state index in [-0.39, 0.29) is 5.41 Å². The molecule has 19 heavy (non-hydrogen) atoms. The highest BCUT2D eigenvalue weighted by molar-refractivity contribution is 5.10. The average molecular weight is 266 g/mol. The zero-order valence-electron chi connectivity index (χ0n) is 12.4. The minimum atomic E-state index is -0.534. The van der Waals surface area contributed by atoms with Crippen LogP contribution in [0.2, 0.25) is 0 Å². The first kappa shape index (κ1) is 13.8. The third-order valence-electron chi connectivity index (χ3n) is 6.10. The van der Waals surface area contributed by atoms with Gasteiger partial charge < -0.3 is 10.8 Å². The first-order chi connectivity index (χ1) is 9.10. The molecule has 110 valence electrons. The molecule has 3 rings (SSSR count). The summed E-state index contributed by atoms with van der Waals surface area (Å²) < 4.78 is 0. The summed E-state index contributed by atoms with van der Waals surface area (Å²) in [6.45, 7) is 3.82. The molecule has 0 bridgehead atoms. The summed E-state index contributed by atoms with van der Waals surface area (Å²) in [6, 6.07) is 1.29. The first-order valence-corrected chi connectivity index (χ1v) is 8.28. The van der Waals surface area contributed by atoms with Gasteiger partial charge in [0.25, 0.3) is 0 Å². The SMILES string of the molecule is CC1CC(O)(C2(CN)CCCCCC2)CN1C1CC1. The molecule has 1 aliphatic heterocycles. The van der Waals surface area contributed by atoms with Crippen molar-refractivity contribution in [2.75, 3.05) is 13.1 Å². The van der Waals surface area contributed by atoms with E-state index in [1.165, 1.54) is 38.5 Å². The molecule has 3 heteroatoms. The van der Waals surface area contributed by atoms with Crippen LogP contribution in [-0.2, 0) is 0 Å². The van der Waals surface area contributed by atoms with Gasteiger partial charge in [-0.25, -0.2) is 0 Å². The fourth-order valence-corrected chi connectivity index (χ4v) is 4.67. The van der Waals surface area contributed by atoms with Crippen LogP contribution in [-0.4, -0.2) is 40.8 Å². The highest BCUT2D eigenvalue weighted by Gasteiger charge is 2.56. The fourth-order valence-electron chi connectivity index (χ4n) is 4.67. The maximum atomic E-state index is 11.4. The van der Waals surface area contributed by atoms with Crippen LogP contribution >= 0.6 is 0 Å². The topological polar surface area (TPSA) is 49.5 Å². The molecule has 2 atom stereocenters. The van der Waals surface area contributed by atoms with E-state index in [0.29, 0.717) is 12.6 Å². The standard InChI is InChI=1S/C16H30N2O/c1-13-10-16(19,12-18(13)14-6-7-14)15(11-17)8-4-2-3-5-9-15/h13-14,19H,2-12,17H2,1H3. The van der Waals surface area contributed by atoms with Crippen molar-refractivity contribution in [2.24, 2.45) is 11.1 Å². The van der Waals surface area contributed by atoms with Gasteiger partial charge in [-0.05, 0) is 39.0 Å². The van der Waals surface area contributed by atoms with Crippen LogP contribution in [0.5, 0.6) is 0 Å². The lowest BCUT2D eigenvalue weighted by Crippen LogP contribution is -2.54. The van der Waals surface area contributed by atoms with Gasteiger partial charge in [-0.2, -0.15) is 0 Å². The van der Waals surface area contributed by atoms with Gasteiger partial charge >= 0.3 is 0 Å². The summed E-state index contributed by atoms with van der Waals surface area (Å²) in [4.78, 5) is 2.56. The van der Waals surface area contributed by atoms with Crippen molar-refractivity contribution >= 4 is 0 Å². The third-order valence-corrected chi connectivity index (χ3v) is 6.10. The Balaban J connectivity index is 1.81. The Bertz CT molecular complexity index is 321. The maximum absolute atomic E-state index is 11.4. The zero-order chi connectivity index (χ0) is 13.5. The van der Waals surface area contributed by atoms with Crippen LogP contribution in [0.25, 0.3) is 0 Å². The Hall–Kier alpha value is -0.120. The van der Waals surface area contributed by atoms with Crippen molar-refractivity contribution in [2.45, 2.75) is 82.4 Å². The number of β-amino-alcohol motifs (C(OH)–C–C–N with tert-alkyl or cyclic N) is 1. The number of likely N-dealkylation sites (tertiary alicyclic amines) is 1. The largest absolute Gasteiger partial charge is 0.388 e. The van der Waals surface area contributed by atoms with E-state index in [9.17, 15) is 5.11 Å². The normalized spacial score (nSPS) is 40.3. The van der Waals surface area contributed by atoms with Gasteiger partial charge in [0.05, 0.1) is 5.60 Å². The predicted octanol–water partition coefficient (Wildman–Crippen LogP) is 2.27. The minimum absolute atomic E-state index is 0.0125. The summed E-state index contributed by atoms with van der Waals surface area (Å²) >= 11 is 0. The van der Waals surface area contributed by atoms with E-state index in [1.807, 2.05) is 0 Å². The van der Waals surface area contributed by atoms with Crippen molar-refractivity contribution in [3.05, 3.63) is 0 Å². The summed E-state index contributed by atoms with van der Waals surface area (Å²) in [5, 5.41) is 11.4. The molecule has 1 saturated heterocycles. The molecule has 0 aromatic carbocycles. The molecule has 1 heterocycles. The zero-order valence-corrected chi connectivity index (χ0v) is 12.4. The van der Waals surface area contributed by atoms with E-state index in [0.717, 1.165) is 31.8 Å². The Kier molecular flexibility index (Phi) is 3.65. The van der Waals surface area contributed by atoms with Crippen LogP contribution in [0.4, 0.5) is 0 Å². The maximum Gasteiger partial charge on any atom is 0.0856 e. The summed E-state index contributed by atoms with van der Waals surface area (Å²) in [6.07, 6.45) is 11.0. The van der Waals surface area contributed by atoms with Crippen molar-refractivity contribution in [1.29, 1.82) is 0 Å². The number of hydrogen-bond acceptors (Lipinski definition) is 3. The second-order valence-corrected chi connectivity index (χ2v) is 7.39. The van der Waals surface area contributed by atoms with Crippen molar-refractivity contribution in [1.82, 2.24) is 4.90 Å². The molecule has 2 unspecified atom stereocenters. The molecular formula is C16H30N2O. The van der Waals surface area contributed by atoms with Crippen LogP contribution in [0.1, 0.15) is 64.7 Å². The Morgan fingerprint density at radius 3 is 2.32 bits per heavy atom. The third kappa shape index (κ3) is 2.34. The highest BCUT2D eigenvalue weighted by atomic mass is 16.3. The molecule has 2 saturated carbocycles. The van der Waals surface area contributed by atoms with Gasteiger partial charge in [-0.3, -0.25) is 4.90 Å². The molecule has 0 aromatic rings. The van der Waals surface area contributed by atoms with Crippen molar-refractivity contribution < 1.29 is 5.11 Å². The number of nitrogens with two attached hydrogens (primary N) is 1. The van der Waals surface area contributed by atoms with Crippen LogP contribution in [0.3, 0.4) is 0 Å².